The molecule has 0 unspecified atom stereocenters. The van der Waals surface area contributed by atoms with Crippen molar-refractivity contribution in [1.82, 2.24) is 10.2 Å². The van der Waals surface area contributed by atoms with Gasteiger partial charge in [0.1, 0.15) is 0 Å². The molecule has 2 nitrogen and oxygen atoms in total. The van der Waals surface area contributed by atoms with Crippen LogP contribution in [0.5, 0.6) is 0 Å². The number of hydrogen-bond donors (Lipinski definition) is 0. The Balaban J connectivity index is 2.96. The summed E-state index contributed by atoms with van der Waals surface area (Å²) in [5, 5.41) is 8.52. The number of aryl methyl sites for hydroxylation is 1. The molecular formula is C9H12Cl2N2. The second-order valence-electron chi connectivity index (χ2n) is 2.97. The third kappa shape index (κ3) is 2.55. The number of nitrogens with zero attached hydrogens (tertiary/aromatic N) is 2. The first-order valence-electron chi connectivity index (χ1n) is 4.34. The van der Waals surface area contributed by atoms with Crippen LogP contribution in [0.25, 0.3) is 0 Å². The predicted molar refractivity (Wildman–Crippen MR) is 55.4 cm³/mol. The molecule has 0 amide bonds. The Labute approximate surface area is 88.3 Å². The minimum Gasteiger partial charge on any atom is -0.154 e. The lowest BCUT2D eigenvalue weighted by molar-refractivity contribution is 0.778. The van der Waals surface area contributed by atoms with Crippen LogP contribution in [0.15, 0.2) is 0 Å². The number of halogens is 2. The van der Waals surface area contributed by atoms with E-state index in [4.69, 9.17) is 23.2 Å². The van der Waals surface area contributed by atoms with Crippen LogP contribution in [-0.2, 0) is 6.42 Å². The summed E-state index contributed by atoms with van der Waals surface area (Å²) < 4.78 is 0. The maximum atomic E-state index is 6.00. The first-order valence-corrected chi connectivity index (χ1v) is 5.09. The Hall–Kier alpha value is -0.340. The Kier molecular flexibility index (Phi) is 3.94. The number of hydrogen-bond acceptors (Lipinski definition) is 2. The van der Waals surface area contributed by atoms with Gasteiger partial charge in [0, 0.05) is 0 Å². The summed E-state index contributed by atoms with van der Waals surface area (Å²) in [6, 6.07) is 0. The molecule has 0 radical (unpaired) electrons. The molecule has 4 heteroatoms. The fourth-order valence-electron chi connectivity index (χ4n) is 1.15. The summed E-state index contributed by atoms with van der Waals surface area (Å²) in [6.07, 6.45) is 3.16. The van der Waals surface area contributed by atoms with Crippen LogP contribution < -0.4 is 0 Å². The molecule has 0 fully saturated rings. The van der Waals surface area contributed by atoms with Crippen molar-refractivity contribution in [3.63, 3.8) is 0 Å². The van der Waals surface area contributed by atoms with E-state index in [1.807, 2.05) is 6.92 Å². The van der Waals surface area contributed by atoms with Crippen molar-refractivity contribution >= 4 is 23.2 Å². The van der Waals surface area contributed by atoms with Gasteiger partial charge < -0.3 is 0 Å². The molecule has 1 aromatic rings. The highest BCUT2D eigenvalue weighted by Gasteiger charge is 2.09. The topological polar surface area (TPSA) is 25.8 Å². The van der Waals surface area contributed by atoms with Crippen molar-refractivity contribution in [2.45, 2.75) is 33.1 Å². The lowest BCUT2D eigenvalue weighted by Crippen LogP contribution is -1.98. The lowest BCUT2D eigenvalue weighted by atomic mass is 10.1. The highest BCUT2D eigenvalue weighted by molar-refractivity contribution is 6.41. The third-order valence-corrected chi connectivity index (χ3v) is 2.72. The maximum absolute atomic E-state index is 6.00. The molecule has 0 aliphatic heterocycles. The molecule has 1 rings (SSSR count). The van der Waals surface area contributed by atoms with Gasteiger partial charge in [-0.1, -0.05) is 36.5 Å². The standard InChI is InChI=1S/C9H12Cl2N2/c1-3-4-5-7-6(2)12-13-9(11)8(7)10/h3-5H2,1-2H3. The van der Waals surface area contributed by atoms with E-state index in [1.54, 1.807) is 0 Å². The van der Waals surface area contributed by atoms with E-state index in [-0.39, 0.29) is 0 Å². The molecule has 1 aromatic heterocycles. The zero-order valence-electron chi connectivity index (χ0n) is 7.77. The molecule has 0 atom stereocenters. The zero-order chi connectivity index (χ0) is 9.84. The van der Waals surface area contributed by atoms with E-state index in [1.165, 1.54) is 0 Å². The minimum absolute atomic E-state index is 0.304. The SMILES string of the molecule is CCCCc1c(C)nnc(Cl)c1Cl. The normalized spacial score (nSPS) is 10.5. The third-order valence-electron chi connectivity index (χ3n) is 1.95. The van der Waals surface area contributed by atoms with Gasteiger partial charge in [0.15, 0.2) is 5.15 Å². The number of rotatable bonds is 3. The first-order chi connectivity index (χ1) is 6.16. The van der Waals surface area contributed by atoms with Gasteiger partial charge in [0.25, 0.3) is 0 Å². The molecule has 13 heavy (non-hydrogen) atoms. The molecule has 0 saturated heterocycles. The van der Waals surface area contributed by atoms with Gasteiger partial charge in [-0.05, 0) is 25.3 Å². The second-order valence-corrected chi connectivity index (χ2v) is 3.71. The molecule has 0 aliphatic carbocycles. The van der Waals surface area contributed by atoms with Crippen LogP contribution in [0.4, 0.5) is 0 Å². The molecule has 0 saturated carbocycles. The van der Waals surface area contributed by atoms with Crippen molar-refractivity contribution in [2.75, 3.05) is 0 Å². The molecule has 0 aromatic carbocycles. The average Bonchev–Trinajstić information content (AvgIpc) is 2.12. The van der Waals surface area contributed by atoms with Crippen molar-refractivity contribution in [2.24, 2.45) is 0 Å². The van der Waals surface area contributed by atoms with Crippen LogP contribution in [0.2, 0.25) is 10.2 Å². The van der Waals surface area contributed by atoms with Crippen LogP contribution in [0, 0.1) is 6.92 Å². The van der Waals surface area contributed by atoms with Crippen molar-refractivity contribution in [1.29, 1.82) is 0 Å². The molecular weight excluding hydrogens is 207 g/mol. The van der Waals surface area contributed by atoms with Gasteiger partial charge in [-0.15, -0.1) is 5.10 Å². The largest absolute Gasteiger partial charge is 0.170 e. The summed E-state index contributed by atoms with van der Waals surface area (Å²) in [4.78, 5) is 0. The van der Waals surface area contributed by atoms with Crippen molar-refractivity contribution in [3.05, 3.63) is 21.4 Å². The number of aromatic nitrogens is 2. The van der Waals surface area contributed by atoms with Gasteiger partial charge in [-0.2, -0.15) is 5.10 Å². The van der Waals surface area contributed by atoms with Gasteiger partial charge >= 0.3 is 0 Å². The zero-order valence-corrected chi connectivity index (χ0v) is 9.28. The summed E-state index contributed by atoms with van der Waals surface area (Å²) in [6.45, 7) is 4.04. The smallest absolute Gasteiger partial charge is 0.154 e. The van der Waals surface area contributed by atoms with Gasteiger partial charge in [0.05, 0.1) is 10.7 Å². The molecule has 1 heterocycles. The lowest BCUT2D eigenvalue weighted by Gasteiger charge is -2.06. The van der Waals surface area contributed by atoms with Gasteiger partial charge in [-0.25, -0.2) is 0 Å². The Morgan fingerprint density at radius 1 is 1.23 bits per heavy atom. The molecule has 72 valence electrons. The van der Waals surface area contributed by atoms with E-state index in [9.17, 15) is 0 Å². The summed E-state index contributed by atoms with van der Waals surface area (Å²) in [5.41, 5.74) is 1.91. The molecule has 0 bridgehead atoms. The van der Waals surface area contributed by atoms with Gasteiger partial charge in [-0.3, -0.25) is 0 Å². The summed E-state index contributed by atoms with van der Waals surface area (Å²) in [7, 11) is 0. The van der Waals surface area contributed by atoms with Crippen LogP contribution in [0.3, 0.4) is 0 Å². The van der Waals surface area contributed by atoms with E-state index in [0.29, 0.717) is 10.2 Å². The van der Waals surface area contributed by atoms with E-state index < -0.39 is 0 Å². The van der Waals surface area contributed by atoms with Gasteiger partial charge in [0.2, 0.25) is 0 Å². The Morgan fingerprint density at radius 3 is 2.54 bits per heavy atom. The van der Waals surface area contributed by atoms with Crippen molar-refractivity contribution in [3.8, 4) is 0 Å². The Bertz CT molecular complexity index is 300. The highest BCUT2D eigenvalue weighted by atomic mass is 35.5. The molecule has 0 aliphatic rings. The Morgan fingerprint density at radius 2 is 1.92 bits per heavy atom. The quantitative estimate of drug-likeness (QED) is 0.778. The van der Waals surface area contributed by atoms with Crippen LogP contribution in [-0.4, -0.2) is 10.2 Å². The fourth-order valence-corrected chi connectivity index (χ4v) is 1.57. The highest BCUT2D eigenvalue weighted by Crippen LogP contribution is 2.25. The minimum atomic E-state index is 0.304. The van der Waals surface area contributed by atoms with E-state index in [0.717, 1.165) is 30.5 Å². The predicted octanol–water partition coefficient (Wildman–Crippen LogP) is 3.43. The fraction of sp³-hybridized carbons (Fsp3) is 0.556. The van der Waals surface area contributed by atoms with Crippen molar-refractivity contribution < 1.29 is 0 Å². The van der Waals surface area contributed by atoms with Crippen LogP contribution >= 0.6 is 23.2 Å². The summed E-state index contributed by atoms with van der Waals surface area (Å²) in [5.74, 6) is 0. The first kappa shape index (κ1) is 10.7. The van der Waals surface area contributed by atoms with E-state index >= 15 is 0 Å². The molecule has 0 spiro atoms. The monoisotopic (exact) mass is 218 g/mol. The molecule has 0 N–H and O–H groups in total. The average molecular weight is 219 g/mol. The summed E-state index contributed by atoms with van der Waals surface area (Å²) >= 11 is 11.8. The number of unbranched alkanes of at least 4 members (excludes halogenated alkanes) is 1. The maximum Gasteiger partial charge on any atom is 0.170 e. The second kappa shape index (κ2) is 4.77. The van der Waals surface area contributed by atoms with E-state index in [2.05, 4.69) is 17.1 Å². The van der Waals surface area contributed by atoms with Crippen LogP contribution in [0.1, 0.15) is 31.0 Å².